The average molecular weight is 496 g/mol. The van der Waals surface area contributed by atoms with Gasteiger partial charge in [0, 0.05) is 25.2 Å². The van der Waals surface area contributed by atoms with E-state index >= 15 is 0 Å². The van der Waals surface area contributed by atoms with E-state index in [0.29, 0.717) is 18.1 Å². The molecular weight excluding hydrogens is 462 g/mol. The fourth-order valence-corrected chi connectivity index (χ4v) is 5.77. The number of benzene rings is 1. The Kier molecular flexibility index (Phi) is 7.32. The molecule has 1 fully saturated rings. The summed E-state index contributed by atoms with van der Waals surface area (Å²) >= 11 is 1.45. The third kappa shape index (κ3) is 5.34. The molecule has 3 aromatic rings. The molecule has 8 nitrogen and oxygen atoms in total. The molecule has 186 valence electrons. The minimum atomic E-state index is -0.106. The van der Waals surface area contributed by atoms with Gasteiger partial charge in [0.05, 0.1) is 18.2 Å². The number of aryl methyl sites for hydroxylation is 1. The monoisotopic (exact) mass is 495 g/mol. The molecule has 1 aliphatic heterocycles. The number of unbranched alkanes of at least 4 members (excludes halogenated alkanes) is 1. The molecule has 2 aliphatic rings. The lowest BCUT2D eigenvalue weighted by molar-refractivity contribution is -0.125. The van der Waals surface area contributed by atoms with Gasteiger partial charge in [-0.2, -0.15) is 4.52 Å². The molecular formula is C26H33N5O3S. The molecule has 1 saturated heterocycles. The van der Waals surface area contributed by atoms with E-state index in [2.05, 4.69) is 22.2 Å². The van der Waals surface area contributed by atoms with Crippen LogP contribution in [0.1, 0.15) is 62.3 Å². The van der Waals surface area contributed by atoms with Crippen molar-refractivity contribution in [3.05, 3.63) is 51.4 Å². The average Bonchev–Trinajstić information content (AvgIpc) is 3.33. The first kappa shape index (κ1) is 23.8. The molecule has 1 aromatic carbocycles. The van der Waals surface area contributed by atoms with E-state index in [1.807, 2.05) is 24.3 Å². The Morgan fingerprint density at radius 3 is 2.86 bits per heavy atom. The number of anilines is 1. The molecule has 0 radical (unpaired) electrons. The number of nitrogens with one attached hydrogen (secondary N) is 1. The van der Waals surface area contributed by atoms with Crippen molar-refractivity contribution in [1.29, 1.82) is 0 Å². The van der Waals surface area contributed by atoms with E-state index in [4.69, 9.17) is 9.72 Å². The van der Waals surface area contributed by atoms with Gasteiger partial charge in [-0.05, 0) is 62.6 Å². The quantitative estimate of drug-likeness (QED) is 0.479. The second-order valence-corrected chi connectivity index (χ2v) is 10.4. The van der Waals surface area contributed by atoms with Crippen LogP contribution in [0.25, 0.3) is 4.96 Å². The van der Waals surface area contributed by atoms with E-state index in [-0.39, 0.29) is 17.4 Å². The van der Waals surface area contributed by atoms with E-state index in [9.17, 15) is 9.59 Å². The number of carbonyl (C=O) groups is 1. The van der Waals surface area contributed by atoms with Crippen LogP contribution >= 0.6 is 11.3 Å². The van der Waals surface area contributed by atoms with Gasteiger partial charge >= 0.3 is 0 Å². The van der Waals surface area contributed by atoms with Gasteiger partial charge in [0.2, 0.25) is 16.0 Å². The van der Waals surface area contributed by atoms with Crippen LogP contribution < -0.4 is 20.5 Å². The lowest BCUT2D eigenvalue weighted by Gasteiger charge is -2.31. The summed E-state index contributed by atoms with van der Waals surface area (Å²) < 4.78 is 7.17. The highest BCUT2D eigenvalue weighted by Crippen LogP contribution is 2.28. The molecule has 0 saturated carbocycles. The smallest absolute Gasteiger partial charge is 0.278 e. The van der Waals surface area contributed by atoms with E-state index in [1.54, 1.807) is 0 Å². The number of nitrogens with zero attached hydrogens (tertiary/aromatic N) is 4. The number of carbonyl (C=O) groups excluding carboxylic acids is 1. The summed E-state index contributed by atoms with van der Waals surface area (Å²) in [5.41, 5.74) is 2.78. The topological polar surface area (TPSA) is 88.8 Å². The predicted octanol–water partition coefficient (Wildman–Crippen LogP) is 3.74. The van der Waals surface area contributed by atoms with Crippen LogP contribution in [-0.4, -0.2) is 40.2 Å². The second kappa shape index (κ2) is 10.8. The van der Waals surface area contributed by atoms with Crippen LogP contribution in [-0.2, 0) is 24.2 Å². The minimum absolute atomic E-state index is 0.0275. The summed E-state index contributed by atoms with van der Waals surface area (Å²) in [6.45, 7) is 4.80. The summed E-state index contributed by atoms with van der Waals surface area (Å²) in [6.07, 6.45) is 7.70. The molecule has 1 N–H and O–H groups in total. The van der Waals surface area contributed by atoms with Gasteiger partial charge in [0.15, 0.2) is 0 Å². The molecule has 5 rings (SSSR count). The van der Waals surface area contributed by atoms with Crippen molar-refractivity contribution in [2.24, 2.45) is 5.92 Å². The highest BCUT2D eigenvalue weighted by Gasteiger charge is 2.28. The van der Waals surface area contributed by atoms with Crippen molar-refractivity contribution in [2.75, 3.05) is 24.6 Å². The third-order valence-electron chi connectivity index (χ3n) is 6.89. The van der Waals surface area contributed by atoms with Gasteiger partial charge in [-0.25, -0.2) is 4.98 Å². The number of amides is 1. The molecule has 0 spiro atoms. The lowest BCUT2D eigenvalue weighted by Crippen LogP contribution is -2.43. The molecule has 0 bridgehead atoms. The Bertz CT molecular complexity index is 1240. The number of hydrogen-bond donors (Lipinski definition) is 1. The zero-order valence-corrected chi connectivity index (χ0v) is 21.1. The van der Waals surface area contributed by atoms with Crippen LogP contribution in [0.15, 0.2) is 29.1 Å². The maximum atomic E-state index is 12.9. The number of rotatable bonds is 8. The van der Waals surface area contributed by atoms with Crippen molar-refractivity contribution >= 4 is 27.3 Å². The van der Waals surface area contributed by atoms with Crippen LogP contribution in [0, 0.1) is 5.92 Å². The standard InChI is InChI=1S/C26H33N5O3S/c1-2-3-15-34-20-12-10-18(11-13-20)16-27-23(32)19-7-6-14-30(17-19)26-29-31-24(33)21-8-4-5-9-22(21)28-25(31)35-26/h10-13,19H,2-9,14-17H2,1H3,(H,27,32). The fraction of sp³-hybridized carbons (Fsp3) is 0.538. The summed E-state index contributed by atoms with van der Waals surface area (Å²) in [5, 5.41) is 8.47. The first-order valence-electron chi connectivity index (χ1n) is 12.8. The predicted molar refractivity (Wildman–Crippen MR) is 137 cm³/mol. The van der Waals surface area contributed by atoms with Crippen LogP contribution in [0.4, 0.5) is 5.13 Å². The molecule has 1 unspecified atom stereocenters. The maximum Gasteiger partial charge on any atom is 0.278 e. The first-order valence-corrected chi connectivity index (χ1v) is 13.6. The second-order valence-electron chi connectivity index (χ2n) is 9.48. The number of aromatic nitrogens is 3. The summed E-state index contributed by atoms with van der Waals surface area (Å²) in [5.74, 6) is 0.817. The van der Waals surface area contributed by atoms with E-state index in [0.717, 1.165) is 92.2 Å². The molecule has 1 aliphatic carbocycles. The number of ether oxygens (including phenoxy) is 1. The van der Waals surface area contributed by atoms with Crippen molar-refractivity contribution in [3.8, 4) is 5.75 Å². The Morgan fingerprint density at radius 2 is 2.03 bits per heavy atom. The molecule has 3 heterocycles. The normalized spacial score (nSPS) is 17.9. The Morgan fingerprint density at radius 1 is 1.20 bits per heavy atom. The summed E-state index contributed by atoms with van der Waals surface area (Å²) in [6, 6.07) is 7.92. The fourth-order valence-electron chi connectivity index (χ4n) is 4.83. The number of hydrogen-bond acceptors (Lipinski definition) is 7. The third-order valence-corrected chi connectivity index (χ3v) is 7.86. The highest BCUT2D eigenvalue weighted by molar-refractivity contribution is 7.20. The van der Waals surface area contributed by atoms with Crippen LogP contribution in [0.2, 0.25) is 0 Å². The maximum absolute atomic E-state index is 12.9. The first-order chi connectivity index (χ1) is 17.1. The van der Waals surface area contributed by atoms with Crippen LogP contribution in [0.5, 0.6) is 5.75 Å². The number of fused-ring (bicyclic) bond motifs is 2. The zero-order valence-electron chi connectivity index (χ0n) is 20.3. The van der Waals surface area contributed by atoms with E-state index < -0.39 is 0 Å². The Hall–Kier alpha value is -2.94. The van der Waals surface area contributed by atoms with Gasteiger partial charge in [0.1, 0.15) is 5.75 Å². The highest BCUT2D eigenvalue weighted by atomic mass is 32.1. The number of piperidine rings is 1. The largest absolute Gasteiger partial charge is 0.494 e. The molecule has 1 atom stereocenters. The summed E-state index contributed by atoms with van der Waals surface area (Å²) in [4.78, 5) is 33.4. The van der Waals surface area contributed by atoms with Gasteiger partial charge in [-0.15, -0.1) is 5.10 Å². The van der Waals surface area contributed by atoms with Gasteiger partial charge < -0.3 is 15.0 Å². The van der Waals surface area contributed by atoms with Crippen molar-refractivity contribution in [3.63, 3.8) is 0 Å². The van der Waals surface area contributed by atoms with Gasteiger partial charge in [-0.3, -0.25) is 9.59 Å². The zero-order chi connectivity index (χ0) is 24.2. The Balaban J connectivity index is 1.20. The SMILES string of the molecule is CCCCOc1ccc(CNC(=O)C2CCCN(c3nn4c(=O)c5c(nc4s3)CCCC5)C2)cc1. The van der Waals surface area contributed by atoms with Crippen molar-refractivity contribution in [2.45, 2.75) is 64.8 Å². The van der Waals surface area contributed by atoms with Gasteiger partial charge in [0.25, 0.3) is 5.56 Å². The molecule has 35 heavy (non-hydrogen) atoms. The van der Waals surface area contributed by atoms with Crippen LogP contribution in [0.3, 0.4) is 0 Å². The van der Waals surface area contributed by atoms with Crippen molar-refractivity contribution < 1.29 is 9.53 Å². The molecule has 1 amide bonds. The van der Waals surface area contributed by atoms with E-state index in [1.165, 1.54) is 15.9 Å². The van der Waals surface area contributed by atoms with Crippen molar-refractivity contribution in [1.82, 2.24) is 19.9 Å². The Labute approximate surface area is 209 Å². The minimum Gasteiger partial charge on any atom is -0.494 e. The molecule has 9 heteroatoms. The van der Waals surface area contributed by atoms with Gasteiger partial charge in [-0.1, -0.05) is 36.8 Å². The summed E-state index contributed by atoms with van der Waals surface area (Å²) in [7, 11) is 0. The lowest BCUT2D eigenvalue weighted by atomic mass is 9.97. The molecule has 2 aromatic heterocycles.